The van der Waals surface area contributed by atoms with Crippen LogP contribution < -0.4 is 5.32 Å². The van der Waals surface area contributed by atoms with Gasteiger partial charge in [-0.25, -0.2) is 0 Å². The average molecular weight is 257 g/mol. The molecule has 1 heterocycles. The fraction of sp³-hybridized carbons (Fsp3) is 0.375. The largest absolute Gasteiger partial charge is 0.312 e. The van der Waals surface area contributed by atoms with Crippen molar-refractivity contribution in [3.05, 3.63) is 48.0 Å². The highest BCUT2D eigenvalue weighted by Gasteiger charge is 2.26. The molecule has 0 spiro atoms. The number of fused-ring (bicyclic) bond motifs is 1. The maximum Gasteiger partial charge on any atom is 0.0444 e. The standard InChI is InChI=1S/C16H19NS/c1-17-16(15-10-5-11-18-15)14-9-4-7-12-6-2-3-8-13(12)14/h2-4,6-9,15-17H,5,10-11H2,1H3. The lowest BCUT2D eigenvalue weighted by Crippen LogP contribution is -2.25. The van der Waals surface area contributed by atoms with Gasteiger partial charge in [0.1, 0.15) is 0 Å². The Hall–Kier alpha value is -0.990. The van der Waals surface area contributed by atoms with Crippen LogP contribution in [0.3, 0.4) is 0 Å². The van der Waals surface area contributed by atoms with Crippen LogP contribution in [0.25, 0.3) is 10.8 Å². The molecule has 2 aromatic carbocycles. The summed E-state index contributed by atoms with van der Waals surface area (Å²) in [5, 5.41) is 7.00. The Bertz CT molecular complexity index is 526. The minimum absolute atomic E-state index is 0.476. The summed E-state index contributed by atoms with van der Waals surface area (Å²) in [4.78, 5) is 0. The molecule has 18 heavy (non-hydrogen) atoms. The van der Waals surface area contributed by atoms with E-state index in [0.717, 1.165) is 5.25 Å². The molecule has 1 N–H and O–H groups in total. The van der Waals surface area contributed by atoms with Gasteiger partial charge in [0, 0.05) is 11.3 Å². The van der Waals surface area contributed by atoms with E-state index in [1.807, 2.05) is 0 Å². The number of hydrogen-bond acceptors (Lipinski definition) is 2. The Morgan fingerprint density at radius 3 is 2.78 bits per heavy atom. The Morgan fingerprint density at radius 1 is 1.17 bits per heavy atom. The summed E-state index contributed by atoms with van der Waals surface area (Å²) in [5.74, 6) is 1.31. The summed E-state index contributed by atoms with van der Waals surface area (Å²) in [6.07, 6.45) is 2.69. The van der Waals surface area contributed by atoms with Gasteiger partial charge >= 0.3 is 0 Å². The van der Waals surface area contributed by atoms with Crippen LogP contribution in [0.15, 0.2) is 42.5 Å². The zero-order valence-electron chi connectivity index (χ0n) is 10.7. The summed E-state index contributed by atoms with van der Waals surface area (Å²) < 4.78 is 0. The van der Waals surface area contributed by atoms with E-state index >= 15 is 0 Å². The molecular weight excluding hydrogens is 238 g/mol. The number of hydrogen-bond donors (Lipinski definition) is 1. The molecular formula is C16H19NS. The van der Waals surface area contributed by atoms with E-state index in [0.29, 0.717) is 6.04 Å². The summed E-state index contributed by atoms with van der Waals surface area (Å²) in [6.45, 7) is 0. The van der Waals surface area contributed by atoms with E-state index in [1.165, 1.54) is 34.9 Å². The van der Waals surface area contributed by atoms with E-state index < -0.39 is 0 Å². The molecule has 2 aromatic rings. The van der Waals surface area contributed by atoms with Gasteiger partial charge in [-0.05, 0) is 42.0 Å². The monoisotopic (exact) mass is 257 g/mol. The van der Waals surface area contributed by atoms with Gasteiger partial charge in [0.15, 0.2) is 0 Å². The maximum atomic E-state index is 3.53. The van der Waals surface area contributed by atoms with E-state index in [2.05, 4.69) is 66.6 Å². The Balaban J connectivity index is 2.06. The Morgan fingerprint density at radius 2 is 2.00 bits per heavy atom. The van der Waals surface area contributed by atoms with Crippen molar-refractivity contribution in [1.82, 2.24) is 5.32 Å². The summed E-state index contributed by atoms with van der Waals surface area (Å²) in [5.41, 5.74) is 1.45. The number of thioether (sulfide) groups is 1. The van der Waals surface area contributed by atoms with Crippen molar-refractivity contribution in [3.8, 4) is 0 Å². The highest BCUT2D eigenvalue weighted by Crippen LogP contribution is 2.37. The molecule has 0 aliphatic carbocycles. The SMILES string of the molecule is CNC(c1cccc2ccccc12)C1CCCS1. The molecule has 0 saturated carbocycles. The average Bonchev–Trinajstić information content (AvgIpc) is 2.94. The number of nitrogens with one attached hydrogen (secondary N) is 1. The highest BCUT2D eigenvalue weighted by molar-refractivity contribution is 8.00. The van der Waals surface area contributed by atoms with Gasteiger partial charge in [-0.15, -0.1) is 0 Å². The van der Waals surface area contributed by atoms with E-state index in [4.69, 9.17) is 0 Å². The molecule has 1 saturated heterocycles. The van der Waals surface area contributed by atoms with Crippen LogP contribution in [0, 0.1) is 0 Å². The molecule has 2 heteroatoms. The second-order valence-electron chi connectivity index (χ2n) is 4.89. The molecule has 0 bridgehead atoms. The van der Waals surface area contributed by atoms with Crippen molar-refractivity contribution >= 4 is 22.5 Å². The van der Waals surface area contributed by atoms with Crippen molar-refractivity contribution in [3.63, 3.8) is 0 Å². The van der Waals surface area contributed by atoms with Crippen molar-refractivity contribution in [1.29, 1.82) is 0 Å². The van der Waals surface area contributed by atoms with Gasteiger partial charge in [0.25, 0.3) is 0 Å². The molecule has 0 radical (unpaired) electrons. The molecule has 1 aliphatic heterocycles. The maximum absolute atomic E-state index is 3.53. The molecule has 2 unspecified atom stereocenters. The summed E-state index contributed by atoms with van der Waals surface area (Å²) in [6, 6.07) is 15.8. The second-order valence-corrected chi connectivity index (χ2v) is 6.23. The lowest BCUT2D eigenvalue weighted by atomic mass is 9.95. The highest BCUT2D eigenvalue weighted by atomic mass is 32.2. The van der Waals surface area contributed by atoms with Crippen molar-refractivity contribution in [2.24, 2.45) is 0 Å². The van der Waals surface area contributed by atoms with Gasteiger partial charge in [-0.1, -0.05) is 42.5 Å². The minimum atomic E-state index is 0.476. The molecule has 0 aromatic heterocycles. The van der Waals surface area contributed by atoms with Gasteiger partial charge in [-0.3, -0.25) is 0 Å². The van der Waals surface area contributed by atoms with Crippen molar-refractivity contribution in [2.45, 2.75) is 24.1 Å². The molecule has 3 rings (SSSR count). The predicted octanol–water partition coefficient (Wildman–Crippen LogP) is 4.00. The Kier molecular flexibility index (Phi) is 3.57. The lowest BCUT2D eigenvalue weighted by Gasteiger charge is -2.24. The van der Waals surface area contributed by atoms with Gasteiger partial charge < -0.3 is 5.32 Å². The number of benzene rings is 2. The predicted molar refractivity (Wildman–Crippen MR) is 81.2 cm³/mol. The molecule has 2 atom stereocenters. The zero-order chi connectivity index (χ0) is 12.4. The molecule has 1 nitrogen and oxygen atoms in total. The quantitative estimate of drug-likeness (QED) is 0.892. The zero-order valence-corrected chi connectivity index (χ0v) is 11.5. The third kappa shape index (κ3) is 2.15. The van der Waals surface area contributed by atoms with Crippen LogP contribution in [0.2, 0.25) is 0 Å². The first-order valence-corrected chi connectivity index (χ1v) is 7.71. The first kappa shape index (κ1) is 12.1. The van der Waals surface area contributed by atoms with Crippen LogP contribution >= 0.6 is 11.8 Å². The van der Waals surface area contributed by atoms with Gasteiger partial charge in [-0.2, -0.15) is 11.8 Å². The third-order valence-electron chi connectivity index (χ3n) is 3.81. The van der Waals surface area contributed by atoms with Crippen LogP contribution in [-0.2, 0) is 0 Å². The molecule has 0 amide bonds. The first-order valence-electron chi connectivity index (χ1n) is 6.66. The normalized spacial score (nSPS) is 21.3. The topological polar surface area (TPSA) is 12.0 Å². The van der Waals surface area contributed by atoms with Crippen LogP contribution in [0.5, 0.6) is 0 Å². The van der Waals surface area contributed by atoms with Crippen LogP contribution in [0.1, 0.15) is 24.4 Å². The fourth-order valence-corrected chi connectivity index (χ4v) is 4.37. The van der Waals surface area contributed by atoms with Crippen LogP contribution in [-0.4, -0.2) is 18.1 Å². The third-order valence-corrected chi connectivity index (χ3v) is 5.27. The first-order chi connectivity index (χ1) is 8.90. The van der Waals surface area contributed by atoms with E-state index in [-0.39, 0.29) is 0 Å². The van der Waals surface area contributed by atoms with Crippen LogP contribution in [0.4, 0.5) is 0 Å². The van der Waals surface area contributed by atoms with Crippen molar-refractivity contribution in [2.75, 3.05) is 12.8 Å². The fourth-order valence-electron chi connectivity index (χ4n) is 2.93. The molecule has 1 aliphatic rings. The van der Waals surface area contributed by atoms with E-state index in [1.54, 1.807) is 0 Å². The number of rotatable bonds is 3. The summed E-state index contributed by atoms with van der Waals surface area (Å²) >= 11 is 2.12. The Labute approximate surface area is 113 Å². The van der Waals surface area contributed by atoms with Crippen molar-refractivity contribution < 1.29 is 0 Å². The summed E-state index contributed by atoms with van der Waals surface area (Å²) in [7, 11) is 2.09. The molecule has 1 fully saturated rings. The second kappa shape index (κ2) is 5.33. The van der Waals surface area contributed by atoms with Gasteiger partial charge in [0.05, 0.1) is 0 Å². The molecule has 94 valence electrons. The van der Waals surface area contributed by atoms with Gasteiger partial charge in [0.2, 0.25) is 0 Å². The van der Waals surface area contributed by atoms with E-state index in [9.17, 15) is 0 Å². The lowest BCUT2D eigenvalue weighted by molar-refractivity contribution is 0.555. The minimum Gasteiger partial charge on any atom is -0.312 e. The smallest absolute Gasteiger partial charge is 0.0444 e.